The monoisotopic (exact) mass is 888 g/mol. The maximum absolute atomic E-state index is 15.4. The fourth-order valence-electron chi connectivity index (χ4n) is 6.18. The van der Waals surface area contributed by atoms with Crippen LogP contribution in [0.4, 0.5) is 87.8 Å². The third-order valence-corrected chi connectivity index (χ3v) is 11.3. The largest absolute Gasteiger partial charge is 0.289 e. The highest BCUT2D eigenvalue weighted by Crippen LogP contribution is 2.30. The van der Waals surface area contributed by atoms with Crippen LogP contribution in [0.25, 0.3) is 0 Å². The summed E-state index contributed by atoms with van der Waals surface area (Å²) in [5, 5.41) is 0. The van der Waals surface area contributed by atoms with E-state index < -0.39 is 144 Å². The minimum Gasteiger partial charge on any atom is -0.289 e. The molecule has 316 valence electrons. The van der Waals surface area contributed by atoms with E-state index in [2.05, 4.69) is 13.8 Å². The summed E-state index contributed by atoms with van der Waals surface area (Å²) in [6, 6.07) is 9.58. The molecule has 5 aromatic rings. The van der Waals surface area contributed by atoms with Gasteiger partial charge in [0.05, 0.1) is 0 Å². The van der Waals surface area contributed by atoms with E-state index in [0.29, 0.717) is 0 Å². The van der Waals surface area contributed by atoms with Crippen LogP contribution in [0.3, 0.4) is 0 Å². The summed E-state index contributed by atoms with van der Waals surface area (Å²) in [6.07, 6.45) is -7.22. The van der Waals surface area contributed by atoms with E-state index in [0.717, 1.165) is 22.8 Å². The van der Waals surface area contributed by atoms with Crippen molar-refractivity contribution in [2.45, 2.75) is 13.8 Å². The zero-order valence-corrected chi connectivity index (χ0v) is 29.8. The van der Waals surface area contributed by atoms with E-state index in [4.69, 9.17) is 0 Å². The molecular formula is C36H17BF20OS. The summed E-state index contributed by atoms with van der Waals surface area (Å²) in [5.41, 5.74) is -13.5. The van der Waals surface area contributed by atoms with E-state index >= 15 is 35.1 Å². The Morgan fingerprint density at radius 1 is 0.373 bits per heavy atom. The number of carbonyl (C=O) groups is 1. The molecule has 59 heavy (non-hydrogen) atoms. The first kappa shape index (κ1) is 46.5. The van der Waals surface area contributed by atoms with Crippen LogP contribution in [-0.2, 0) is 10.9 Å². The fraction of sp³-hybridized carbons (Fsp3) is 0.139. The maximum Gasteiger partial charge on any atom is 0.211 e. The van der Waals surface area contributed by atoms with Crippen LogP contribution >= 0.6 is 0 Å². The second-order valence-electron chi connectivity index (χ2n) is 11.9. The van der Waals surface area contributed by atoms with Crippen molar-refractivity contribution < 1.29 is 92.6 Å². The molecule has 0 saturated carbocycles. The van der Waals surface area contributed by atoms with Gasteiger partial charge in [-0.25, -0.2) is 87.8 Å². The normalized spacial score (nSPS) is 11.6. The number of halogens is 20. The highest BCUT2D eigenvalue weighted by Gasteiger charge is 2.52. The van der Waals surface area contributed by atoms with Crippen LogP contribution in [0.5, 0.6) is 0 Å². The highest BCUT2D eigenvalue weighted by atomic mass is 32.2. The van der Waals surface area contributed by atoms with Crippen molar-refractivity contribution >= 4 is 44.7 Å². The number of carbonyl (C=O) groups excluding carboxylic acids is 1. The number of hydrogen-bond donors (Lipinski definition) is 0. The Balaban J connectivity index is 0.000000464. The topological polar surface area (TPSA) is 17.1 Å². The lowest BCUT2D eigenvalue weighted by molar-refractivity contribution is 0.102. The van der Waals surface area contributed by atoms with E-state index in [-0.39, 0.29) is 16.7 Å². The Morgan fingerprint density at radius 3 is 0.780 bits per heavy atom. The molecule has 0 amide bonds. The lowest BCUT2D eigenvalue weighted by Gasteiger charge is -2.44. The van der Waals surface area contributed by atoms with Gasteiger partial charge in [0.2, 0.25) is 5.78 Å². The smallest absolute Gasteiger partial charge is 0.211 e. The van der Waals surface area contributed by atoms with Crippen molar-refractivity contribution in [1.29, 1.82) is 0 Å². The van der Waals surface area contributed by atoms with Gasteiger partial charge in [-0.3, -0.25) is 4.79 Å². The van der Waals surface area contributed by atoms with E-state index in [1.54, 1.807) is 0 Å². The van der Waals surface area contributed by atoms with E-state index in [1.807, 2.05) is 30.3 Å². The quantitative estimate of drug-likeness (QED) is 0.0364. The van der Waals surface area contributed by atoms with Gasteiger partial charge in [0, 0.05) is 5.56 Å². The Labute approximate surface area is 320 Å². The summed E-state index contributed by atoms with van der Waals surface area (Å²) >= 11 is 0. The molecule has 0 N–H and O–H groups in total. The third kappa shape index (κ3) is 7.49. The molecule has 5 rings (SSSR count). The minimum atomic E-state index is -7.22. The van der Waals surface area contributed by atoms with Crippen molar-refractivity contribution in [2.24, 2.45) is 0 Å². The van der Waals surface area contributed by atoms with Gasteiger partial charge in [0.25, 0.3) is 0 Å². The molecule has 23 heteroatoms. The van der Waals surface area contributed by atoms with Crippen molar-refractivity contribution in [3.05, 3.63) is 152 Å². The molecule has 0 saturated heterocycles. The van der Waals surface area contributed by atoms with Crippen molar-refractivity contribution in [2.75, 3.05) is 17.3 Å². The maximum atomic E-state index is 15.4. The van der Waals surface area contributed by atoms with Gasteiger partial charge >= 0.3 is 0 Å². The van der Waals surface area contributed by atoms with Crippen molar-refractivity contribution in [3.8, 4) is 0 Å². The zero-order valence-electron chi connectivity index (χ0n) is 29.0. The Bertz CT molecular complexity index is 2090. The molecule has 0 fully saturated rings. The predicted molar refractivity (Wildman–Crippen MR) is 173 cm³/mol. The van der Waals surface area contributed by atoms with Crippen LogP contribution in [0.15, 0.2) is 30.3 Å². The molecule has 1 nitrogen and oxygen atoms in total. The average molecular weight is 888 g/mol. The second-order valence-corrected chi connectivity index (χ2v) is 14.6. The molecular weight excluding hydrogens is 871 g/mol. The fourth-order valence-corrected chi connectivity index (χ4v) is 7.53. The number of rotatable bonds is 9. The highest BCUT2D eigenvalue weighted by molar-refractivity contribution is 7.97. The van der Waals surface area contributed by atoms with Crippen LogP contribution in [0.1, 0.15) is 24.2 Å². The molecule has 0 spiro atoms. The van der Waals surface area contributed by atoms with Gasteiger partial charge in [0.1, 0.15) is 64.2 Å². The third-order valence-electron chi connectivity index (χ3n) is 8.95. The molecule has 0 atom stereocenters. The molecule has 0 aliphatic rings. The number of benzene rings is 5. The summed E-state index contributed by atoms with van der Waals surface area (Å²) in [6.45, 7) is 4.32. The Hall–Kier alpha value is -5.22. The molecule has 0 unspecified atom stereocenters. The van der Waals surface area contributed by atoms with Gasteiger partial charge in [-0.05, 0) is 24.7 Å². The molecule has 5 aromatic carbocycles. The number of ketones is 1. The van der Waals surface area contributed by atoms with Gasteiger partial charge in [-0.15, -0.1) is 21.9 Å². The lowest BCUT2D eigenvalue weighted by atomic mass is 9.12. The Kier molecular flexibility index (Phi) is 13.8. The summed E-state index contributed by atoms with van der Waals surface area (Å²) in [4.78, 5) is 11.8. The molecule has 0 radical (unpaired) electrons. The Morgan fingerprint density at radius 2 is 0.576 bits per heavy atom. The average Bonchev–Trinajstić information content (AvgIpc) is 3.23. The first-order chi connectivity index (χ1) is 27.5. The van der Waals surface area contributed by atoms with Crippen LogP contribution in [-0.4, -0.2) is 29.2 Å². The molecule has 0 aliphatic heterocycles. The van der Waals surface area contributed by atoms with Crippen LogP contribution < -0.4 is 21.9 Å². The van der Waals surface area contributed by atoms with E-state index in [1.165, 1.54) is 0 Å². The standard InChI is InChI=1S/C24BF20.C12H17OS/c26-5-1(6(27)14(35)21(42)13(5)34)25(2-7(28)15(36)22(43)16(37)8(2)29,3-9(30)17(38)23(44)18(39)10(3)31)4-11(32)19(40)24(45)20(41)12(4)33;1-3-14(4-2)10-12(13)11-8-6-5-7-9-11/h;5-9H,3-4,10H2,1-2H3/q-1;+1. The van der Waals surface area contributed by atoms with Crippen LogP contribution in [0, 0.1) is 116 Å². The minimum absolute atomic E-state index is 0.281. The number of Topliss-reactive ketones (excluding diaryl/α,β-unsaturated/α-hetero) is 1. The zero-order chi connectivity index (χ0) is 44.7. The molecule has 0 bridgehead atoms. The summed E-state index contributed by atoms with van der Waals surface area (Å²) in [7, 11) is 0.281. The second kappa shape index (κ2) is 17.6. The van der Waals surface area contributed by atoms with Gasteiger partial charge in [-0.2, -0.15) is 0 Å². The summed E-state index contributed by atoms with van der Waals surface area (Å²) < 4.78 is 294. The predicted octanol–water partition coefficient (Wildman–Crippen LogP) is 8.37. The first-order valence-corrected chi connectivity index (χ1v) is 17.7. The summed E-state index contributed by atoms with van der Waals surface area (Å²) in [5.74, 6) is -68.2. The van der Waals surface area contributed by atoms with Gasteiger partial charge in [-0.1, -0.05) is 30.3 Å². The number of hydrogen-bond acceptors (Lipinski definition) is 1. The first-order valence-electron chi connectivity index (χ1n) is 15.9. The van der Waals surface area contributed by atoms with Crippen LogP contribution in [0.2, 0.25) is 0 Å². The van der Waals surface area contributed by atoms with Crippen molar-refractivity contribution in [1.82, 2.24) is 0 Å². The lowest BCUT2D eigenvalue weighted by Crippen LogP contribution is -2.81. The SMILES string of the molecule is CC[S+](CC)CC(=O)c1ccccc1.Fc1c(F)c(F)c([B-](c2c(F)c(F)c(F)c(F)c2F)(c2c(F)c(F)c(F)c(F)c2F)c2c(F)c(F)c(F)c(F)c2F)c(F)c1F. The van der Waals surface area contributed by atoms with Gasteiger partial charge in [0.15, 0.2) is 75.6 Å². The van der Waals surface area contributed by atoms with Crippen molar-refractivity contribution in [3.63, 3.8) is 0 Å². The van der Waals surface area contributed by atoms with Gasteiger partial charge < -0.3 is 0 Å². The molecule has 0 heterocycles. The molecule has 0 aliphatic carbocycles. The molecule has 0 aromatic heterocycles. The van der Waals surface area contributed by atoms with E-state index in [9.17, 15) is 57.5 Å².